The SMILES string of the molecule is CC(C)(C)OC(=O)N1CCN(CCCOc2ncc(Br)cc2N)CC1. The number of carbonyl (C=O) groups excluding carboxylic acids is 1. The van der Waals surface area contributed by atoms with Crippen LogP contribution < -0.4 is 10.5 Å². The molecule has 2 rings (SSSR count). The van der Waals surface area contributed by atoms with Gasteiger partial charge in [-0.1, -0.05) is 0 Å². The first-order valence-electron chi connectivity index (χ1n) is 8.49. The van der Waals surface area contributed by atoms with E-state index in [1.54, 1.807) is 17.2 Å². The Bertz CT molecular complexity index is 584. The second kappa shape index (κ2) is 8.71. The second-order valence-corrected chi connectivity index (χ2v) is 7.97. The number of nitrogen functional groups attached to an aromatic ring is 1. The molecular formula is C17H27BrN4O3. The van der Waals surface area contributed by atoms with Gasteiger partial charge in [0.2, 0.25) is 5.88 Å². The maximum atomic E-state index is 12.0. The summed E-state index contributed by atoms with van der Waals surface area (Å²) in [5.74, 6) is 0.470. The van der Waals surface area contributed by atoms with Gasteiger partial charge in [0.25, 0.3) is 0 Å². The Labute approximate surface area is 157 Å². The highest BCUT2D eigenvalue weighted by atomic mass is 79.9. The van der Waals surface area contributed by atoms with Crippen LogP contribution in [0.3, 0.4) is 0 Å². The molecule has 1 aliphatic rings. The predicted molar refractivity (Wildman–Crippen MR) is 101 cm³/mol. The fourth-order valence-corrected chi connectivity index (χ4v) is 2.85. The van der Waals surface area contributed by atoms with Crippen LogP contribution in [0, 0.1) is 0 Å². The van der Waals surface area contributed by atoms with Crippen molar-refractivity contribution in [1.29, 1.82) is 0 Å². The summed E-state index contributed by atoms with van der Waals surface area (Å²) in [6, 6.07) is 1.78. The molecule has 8 heteroatoms. The maximum absolute atomic E-state index is 12.0. The lowest BCUT2D eigenvalue weighted by molar-refractivity contribution is 0.0142. The highest BCUT2D eigenvalue weighted by Gasteiger charge is 2.25. The number of hydrogen-bond donors (Lipinski definition) is 1. The molecule has 1 amide bonds. The van der Waals surface area contributed by atoms with Crippen LogP contribution in [0.15, 0.2) is 16.7 Å². The van der Waals surface area contributed by atoms with Crippen molar-refractivity contribution in [2.45, 2.75) is 32.8 Å². The van der Waals surface area contributed by atoms with E-state index in [1.807, 2.05) is 20.8 Å². The normalized spacial score (nSPS) is 15.9. The largest absolute Gasteiger partial charge is 0.476 e. The van der Waals surface area contributed by atoms with Crippen LogP contribution in [0.25, 0.3) is 0 Å². The van der Waals surface area contributed by atoms with Gasteiger partial charge in [-0.2, -0.15) is 0 Å². The van der Waals surface area contributed by atoms with Gasteiger partial charge in [-0.3, -0.25) is 4.90 Å². The highest BCUT2D eigenvalue weighted by molar-refractivity contribution is 9.10. The number of nitrogens with two attached hydrogens (primary N) is 1. The van der Waals surface area contributed by atoms with Gasteiger partial charge < -0.3 is 20.1 Å². The molecule has 1 aliphatic heterocycles. The summed E-state index contributed by atoms with van der Waals surface area (Å²) in [7, 11) is 0. The monoisotopic (exact) mass is 414 g/mol. The Morgan fingerprint density at radius 3 is 2.60 bits per heavy atom. The molecule has 140 valence electrons. The number of anilines is 1. The summed E-state index contributed by atoms with van der Waals surface area (Å²) in [6.07, 6.45) is 2.32. The maximum Gasteiger partial charge on any atom is 0.410 e. The number of aromatic nitrogens is 1. The summed E-state index contributed by atoms with van der Waals surface area (Å²) in [4.78, 5) is 20.3. The van der Waals surface area contributed by atoms with Crippen molar-refractivity contribution >= 4 is 27.7 Å². The number of nitrogens with zero attached hydrogens (tertiary/aromatic N) is 3. The third-order valence-electron chi connectivity index (χ3n) is 3.73. The van der Waals surface area contributed by atoms with Crippen molar-refractivity contribution in [3.63, 3.8) is 0 Å². The molecule has 0 radical (unpaired) electrons. The summed E-state index contributed by atoms with van der Waals surface area (Å²) < 4.78 is 11.9. The lowest BCUT2D eigenvalue weighted by Crippen LogP contribution is -2.50. The van der Waals surface area contributed by atoms with Crippen LogP contribution in [0.5, 0.6) is 5.88 Å². The van der Waals surface area contributed by atoms with Crippen molar-refractivity contribution in [2.24, 2.45) is 0 Å². The van der Waals surface area contributed by atoms with Gasteiger partial charge in [0, 0.05) is 43.4 Å². The van der Waals surface area contributed by atoms with E-state index in [4.69, 9.17) is 15.2 Å². The average molecular weight is 415 g/mol. The minimum Gasteiger partial charge on any atom is -0.476 e. The lowest BCUT2D eigenvalue weighted by Gasteiger charge is -2.35. The van der Waals surface area contributed by atoms with Gasteiger partial charge in [0.1, 0.15) is 5.60 Å². The molecule has 0 bridgehead atoms. The second-order valence-electron chi connectivity index (χ2n) is 7.06. The van der Waals surface area contributed by atoms with Crippen molar-refractivity contribution in [2.75, 3.05) is 45.1 Å². The molecule has 2 heterocycles. The summed E-state index contributed by atoms with van der Waals surface area (Å²) in [5.41, 5.74) is 5.93. The molecule has 1 fully saturated rings. The average Bonchev–Trinajstić information content (AvgIpc) is 2.52. The van der Waals surface area contributed by atoms with Crippen LogP contribution in [0.1, 0.15) is 27.2 Å². The predicted octanol–water partition coefficient (Wildman–Crippen LogP) is 2.75. The first-order valence-corrected chi connectivity index (χ1v) is 9.28. The quantitative estimate of drug-likeness (QED) is 0.745. The van der Waals surface area contributed by atoms with E-state index in [9.17, 15) is 4.79 Å². The molecule has 0 spiro atoms. The summed E-state index contributed by atoms with van der Waals surface area (Å²) >= 11 is 3.32. The number of halogens is 1. The van der Waals surface area contributed by atoms with Crippen LogP contribution in [0.2, 0.25) is 0 Å². The van der Waals surface area contributed by atoms with Crippen LogP contribution in [0.4, 0.5) is 10.5 Å². The van der Waals surface area contributed by atoms with Crippen molar-refractivity contribution in [1.82, 2.24) is 14.8 Å². The minimum atomic E-state index is -0.450. The third kappa shape index (κ3) is 6.70. The molecule has 0 atom stereocenters. The molecule has 25 heavy (non-hydrogen) atoms. The first kappa shape index (κ1) is 19.8. The molecule has 0 aliphatic carbocycles. The van der Waals surface area contributed by atoms with Gasteiger partial charge in [-0.05, 0) is 49.2 Å². The third-order valence-corrected chi connectivity index (χ3v) is 4.16. The first-order chi connectivity index (χ1) is 11.7. The van der Waals surface area contributed by atoms with Gasteiger partial charge in [-0.15, -0.1) is 0 Å². The zero-order chi connectivity index (χ0) is 18.4. The molecule has 1 saturated heterocycles. The van der Waals surface area contributed by atoms with E-state index >= 15 is 0 Å². The minimum absolute atomic E-state index is 0.229. The van der Waals surface area contributed by atoms with Gasteiger partial charge in [0.05, 0.1) is 12.3 Å². The number of hydrogen-bond acceptors (Lipinski definition) is 6. The van der Waals surface area contributed by atoms with Crippen molar-refractivity contribution < 1.29 is 14.3 Å². The Kier molecular flexibility index (Phi) is 6.89. The lowest BCUT2D eigenvalue weighted by atomic mass is 10.2. The highest BCUT2D eigenvalue weighted by Crippen LogP contribution is 2.22. The van der Waals surface area contributed by atoms with Crippen molar-refractivity contribution in [3.8, 4) is 5.88 Å². The van der Waals surface area contributed by atoms with E-state index in [1.165, 1.54) is 0 Å². The summed E-state index contributed by atoms with van der Waals surface area (Å²) in [5, 5.41) is 0. The smallest absolute Gasteiger partial charge is 0.410 e. The molecule has 1 aromatic heterocycles. The molecule has 2 N–H and O–H groups in total. The molecule has 1 aromatic rings. The van der Waals surface area contributed by atoms with Crippen LogP contribution >= 0.6 is 15.9 Å². The Hall–Kier alpha value is -1.54. The number of amides is 1. The number of piperazine rings is 1. The molecule has 0 unspecified atom stereocenters. The zero-order valence-electron chi connectivity index (χ0n) is 15.1. The number of ether oxygens (including phenoxy) is 2. The van der Waals surface area contributed by atoms with E-state index in [0.29, 0.717) is 31.3 Å². The molecule has 0 aromatic carbocycles. The zero-order valence-corrected chi connectivity index (χ0v) is 16.7. The van der Waals surface area contributed by atoms with Crippen LogP contribution in [-0.2, 0) is 4.74 Å². The van der Waals surface area contributed by atoms with E-state index in [-0.39, 0.29) is 6.09 Å². The Morgan fingerprint density at radius 1 is 1.32 bits per heavy atom. The van der Waals surface area contributed by atoms with E-state index in [0.717, 1.165) is 30.5 Å². The molecular weight excluding hydrogens is 388 g/mol. The fraction of sp³-hybridized carbons (Fsp3) is 0.647. The number of pyridine rings is 1. The standard InChI is InChI=1S/C17H27BrN4O3/c1-17(2,3)25-16(23)22-8-6-21(7-9-22)5-4-10-24-15-14(19)11-13(18)12-20-15/h11-12H,4-10,19H2,1-3H3. The summed E-state index contributed by atoms with van der Waals surface area (Å²) in [6.45, 7) is 10.2. The Morgan fingerprint density at radius 2 is 2.00 bits per heavy atom. The van der Waals surface area contributed by atoms with E-state index in [2.05, 4.69) is 25.8 Å². The van der Waals surface area contributed by atoms with E-state index < -0.39 is 5.60 Å². The molecule has 7 nitrogen and oxygen atoms in total. The molecule has 0 saturated carbocycles. The van der Waals surface area contributed by atoms with Gasteiger partial charge >= 0.3 is 6.09 Å². The fourth-order valence-electron chi connectivity index (χ4n) is 2.50. The van der Waals surface area contributed by atoms with Gasteiger partial charge in [0.15, 0.2) is 0 Å². The van der Waals surface area contributed by atoms with Crippen LogP contribution in [-0.4, -0.2) is 65.8 Å². The van der Waals surface area contributed by atoms with Crippen molar-refractivity contribution in [3.05, 3.63) is 16.7 Å². The number of carbonyl (C=O) groups is 1. The Balaban J connectivity index is 1.65. The number of rotatable bonds is 5. The topological polar surface area (TPSA) is 80.9 Å². The van der Waals surface area contributed by atoms with Gasteiger partial charge in [-0.25, -0.2) is 9.78 Å².